The standard InChI is InChI=1S/C19H26N4.HI/c1-22(2)18-12-10-17(11-13-18)15-21-19(23(3)4)20-14-16-8-6-5-7-9-16;/h5-13H,14-15H2,1-4H3,(H,20,21);1H. The number of aliphatic imine (C=N–C) groups is 1. The molecule has 4 nitrogen and oxygen atoms in total. The van der Waals surface area contributed by atoms with Crippen LogP contribution in [0.2, 0.25) is 0 Å². The van der Waals surface area contributed by atoms with Crippen LogP contribution < -0.4 is 10.2 Å². The largest absolute Gasteiger partial charge is 0.378 e. The van der Waals surface area contributed by atoms with Crippen molar-refractivity contribution in [2.75, 3.05) is 33.1 Å². The van der Waals surface area contributed by atoms with Crippen molar-refractivity contribution in [3.8, 4) is 0 Å². The molecule has 0 amide bonds. The molecule has 0 unspecified atom stereocenters. The molecule has 5 heteroatoms. The van der Waals surface area contributed by atoms with Gasteiger partial charge in [-0.3, -0.25) is 0 Å². The maximum atomic E-state index is 4.68. The predicted molar refractivity (Wildman–Crippen MR) is 114 cm³/mol. The minimum absolute atomic E-state index is 0. The van der Waals surface area contributed by atoms with Crippen LogP contribution in [0.15, 0.2) is 59.6 Å². The van der Waals surface area contributed by atoms with Gasteiger partial charge in [-0.05, 0) is 23.3 Å². The Balaban J connectivity index is 0.00000288. The number of halogens is 1. The second-order valence-corrected chi connectivity index (χ2v) is 5.93. The Hall–Kier alpha value is -1.76. The van der Waals surface area contributed by atoms with Crippen molar-refractivity contribution in [3.63, 3.8) is 0 Å². The highest BCUT2D eigenvalue weighted by molar-refractivity contribution is 14.0. The molecule has 0 atom stereocenters. The average molecular weight is 438 g/mol. The van der Waals surface area contributed by atoms with Crippen molar-refractivity contribution < 1.29 is 0 Å². The Morgan fingerprint density at radius 2 is 1.50 bits per heavy atom. The van der Waals surface area contributed by atoms with E-state index in [1.54, 1.807) is 0 Å². The van der Waals surface area contributed by atoms with Crippen molar-refractivity contribution in [3.05, 3.63) is 65.7 Å². The molecular formula is C19H27IN4. The minimum Gasteiger partial charge on any atom is -0.378 e. The molecule has 130 valence electrons. The van der Waals surface area contributed by atoms with Gasteiger partial charge in [0.15, 0.2) is 5.96 Å². The zero-order chi connectivity index (χ0) is 16.7. The lowest BCUT2D eigenvalue weighted by Gasteiger charge is -2.18. The molecule has 0 aliphatic heterocycles. The molecule has 0 aliphatic rings. The first-order chi connectivity index (χ1) is 11.1. The van der Waals surface area contributed by atoms with Gasteiger partial charge in [-0.2, -0.15) is 0 Å². The highest BCUT2D eigenvalue weighted by Crippen LogP contribution is 2.12. The van der Waals surface area contributed by atoms with Crippen molar-refractivity contribution >= 4 is 35.6 Å². The zero-order valence-electron chi connectivity index (χ0n) is 14.9. The van der Waals surface area contributed by atoms with Crippen LogP contribution in [-0.2, 0) is 13.1 Å². The first kappa shape index (κ1) is 20.3. The summed E-state index contributed by atoms with van der Waals surface area (Å²) in [6.45, 7) is 1.44. The van der Waals surface area contributed by atoms with Crippen LogP contribution in [-0.4, -0.2) is 39.1 Å². The van der Waals surface area contributed by atoms with Crippen LogP contribution >= 0.6 is 24.0 Å². The third-order valence-corrected chi connectivity index (χ3v) is 3.58. The zero-order valence-corrected chi connectivity index (χ0v) is 17.2. The number of hydrogen-bond acceptors (Lipinski definition) is 2. The van der Waals surface area contributed by atoms with Crippen LogP contribution in [0.1, 0.15) is 11.1 Å². The minimum atomic E-state index is 0. The monoisotopic (exact) mass is 438 g/mol. The quantitative estimate of drug-likeness (QED) is 0.440. The van der Waals surface area contributed by atoms with Crippen molar-refractivity contribution in [2.45, 2.75) is 13.1 Å². The summed E-state index contributed by atoms with van der Waals surface area (Å²) in [4.78, 5) is 8.79. The molecule has 2 aromatic rings. The Labute approximate surface area is 162 Å². The molecule has 0 saturated heterocycles. The third kappa shape index (κ3) is 6.39. The lowest BCUT2D eigenvalue weighted by Crippen LogP contribution is -2.36. The maximum Gasteiger partial charge on any atom is 0.194 e. The van der Waals surface area contributed by atoms with Gasteiger partial charge in [0, 0.05) is 40.4 Å². The fourth-order valence-corrected chi connectivity index (χ4v) is 2.20. The van der Waals surface area contributed by atoms with E-state index in [2.05, 4.69) is 51.6 Å². The Bertz CT molecular complexity index is 622. The SMILES string of the molecule is CN(C)C(=NCc1ccccc1)NCc1ccc(N(C)C)cc1.I. The highest BCUT2D eigenvalue weighted by atomic mass is 127. The second kappa shape index (κ2) is 10.2. The number of nitrogens with zero attached hydrogens (tertiary/aromatic N) is 3. The molecule has 0 saturated carbocycles. The Kier molecular flexibility index (Phi) is 8.60. The van der Waals surface area contributed by atoms with Crippen molar-refractivity contribution in [1.82, 2.24) is 10.2 Å². The van der Waals surface area contributed by atoms with Gasteiger partial charge in [0.2, 0.25) is 0 Å². The molecule has 0 fully saturated rings. The van der Waals surface area contributed by atoms with Crippen molar-refractivity contribution in [2.24, 2.45) is 4.99 Å². The number of guanidine groups is 1. The van der Waals surface area contributed by atoms with E-state index in [0.29, 0.717) is 6.54 Å². The molecule has 1 N–H and O–H groups in total. The summed E-state index contributed by atoms with van der Waals surface area (Å²) < 4.78 is 0. The number of nitrogens with one attached hydrogen (secondary N) is 1. The third-order valence-electron chi connectivity index (χ3n) is 3.58. The number of benzene rings is 2. The fourth-order valence-electron chi connectivity index (χ4n) is 2.20. The average Bonchev–Trinajstić information content (AvgIpc) is 2.56. The van der Waals surface area contributed by atoms with Gasteiger partial charge in [0.05, 0.1) is 6.54 Å². The molecule has 2 aromatic carbocycles. The molecule has 0 aromatic heterocycles. The van der Waals surface area contributed by atoms with Gasteiger partial charge in [0.25, 0.3) is 0 Å². The Morgan fingerprint density at radius 3 is 2.04 bits per heavy atom. The Morgan fingerprint density at radius 1 is 0.875 bits per heavy atom. The smallest absolute Gasteiger partial charge is 0.194 e. The van der Waals surface area contributed by atoms with Crippen LogP contribution in [0.25, 0.3) is 0 Å². The highest BCUT2D eigenvalue weighted by Gasteiger charge is 2.02. The summed E-state index contributed by atoms with van der Waals surface area (Å²) in [6, 6.07) is 18.9. The predicted octanol–water partition coefficient (Wildman–Crippen LogP) is 3.58. The number of hydrogen-bond donors (Lipinski definition) is 1. The molecule has 24 heavy (non-hydrogen) atoms. The lowest BCUT2D eigenvalue weighted by molar-refractivity contribution is 0.578. The summed E-state index contributed by atoms with van der Waals surface area (Å²) in [5, 5.41) is 3.42. The summed E-state index contributed by atoms with van der Waals surface area (Å²) in [5.41, 5.74) is 3.66. The second-order valence-electron chi connectivity index (χ2n) is 5.93. The molecule has 0 radical (unpaired) electrons. The summed E-state index contributed by atoms with van der Waals surface area (Å²) in [7, 11) is 8.11. The molecule has 0 aliphatic carbocycles. The van der Waals surface area contributed by atoms with E-state index in [1.807, 2.05) is 51.3 Å². The van der Waals surface area contributed by atoms with Crippen LogP contribution in [0.3, 0.4) is 0 Å². The molecule has 0 spiro atoms. The van der Waals surface area contributed by atoms with Crippen LogP contribution in [0.5, 0.6) is 0 Å². The van der Waals surface area contributed by atoms with E-state index in [4.69, 9.17) is 0 Å². The molecule has 2 rings (SSSR count). The molecular weight excluding hydrogens is 411 g/mol. The summed E-state index contributed by atoms with van der Waals surface area (Å²) >= 11 is 0. The molecule has 0 heterocycles. The van der Waals surface area contributed by atoms with E-state index < -0.39 is 0 Å². The lowest BCUT2D eigenvalue weighted by atomic mass is 10.2. The summed E-state index contributed by atoms with van der Waals surface area (Å²) in [6.07, 6.45) is 0. The van der Waals surface area contributed by atoms with Gasteiger partial charge in [-0.15, -0.1) is 24.0 Å². The van der Waals surface area contributed by atoms with Gasteiger partial charge in [-0.25, -0.2) is 4.99 Å². The number of rotatable bonds is 5. The van der Waals surface area contributed by atoms with Crippen LogP contribution in [0.4, 0.5) is 5.69 Å². The maximum absolute atomic E-state index is 4.68. The van der Waals surface area contributed by atoms with E-state index in [0.717, 1.165) is 12.5 Å². The first-order valence-corrected chi connectivity index (χ1v) is 7.82. The van der Waals surface area contributed by atoms with E-state index in [9.17, 15) is 0 Å². The normalized spacial score (nSPS) is 10.8. The van der Waals surface area contributed by atoms with Gasteiger partial charge in [-0.1, -0.05) is 42.5 Å². The van der Waals surface area contributed by atoms with Gasteiger partial charge < -0.3 is 15.1 Å². The van der Waals surface area contributed by atoms with Gasteiger partial charge in [0.1, 0.15) is 0 Å². The van der Waals surface area contributed by atoms with Crippen molar-refractivity contribution in [1.29, 1.82) is 0 Å². The molecule has 0 bridgehead atoms. The van der Waals surface area contributed by atoms with Crippen LogP contribution in [0, 0.1) is 0 Å². The first-order valence-electron chi connectivity index (χ1n) is 7.82. The van der Waals surface area contributed by atoms with E-state index in [-0.39, 0.29) is 24.0 Å². The summed E-state index contributed by atoms with van der Waals surface area (Å²) in [5.74, 6) is 0.894. The van der Waals surface area contributed by atoms with E-state index >= 15 is 0 Å². The fraction of sp³-hybridized carbons (Fsp3) is 0.316. The number of anilines is 1. The van der Waals surface area contributed by atoms with Gasteiger partial charge >= 0.3 is 0 Å². The van der Waals surface area contributed by atoms with E-state index in [1.165, 1.54) is 16.8 Å². The topological polar surface area (TPSA) is 30.9 Å².